The number of methoxy groups -OCH3 is 2. The lowest BCUT2D eigenvalue weighted by atomic mass is 10.2. The third-order valence-electron chi connectivity index (χ3n) is 3.76. The van der Waals surface area contributed by atoms with Crippen LogP contribution in [0, 0.1) is 0 Å². The van der Waals surface area contributed by atoms with Crippen LogP contribution in [0.4, 0.5) is 11.6 Å². The summed E-state index contributed by atoms with van der Waals surface area (Å²) >= 11 is 6.09. The molecular formula is C19H18ClN5O3. The molecule has 1 amide bonds. The van der Waals surface area contributed by atoms with Crippen molar-refractivity contribution in [2.45, 2.75) is 6.54 Å². The van der Waals surface area contributed by atoms with Gasteiger partial charge in [0.05, 0.1) is 37.2 Å². The Labute approximate surface area is 166 Å². The summed E-state index contributed by atoms with van der Waals surface area (Å²) < 4.78 is 10.5. The van der Waals surface area contributed by atoms with Crippen molar-refractivity contribution in [3.63, 3.8) is 0 Å². The fourth-order valence-electron chi connectivity index (χ4n) is 2.39. The van der Waals surface area contributed by atoms with Gasteiger partial charge in [-0.15, -0.1) is 0 Å². The monoisotopic (exact) mass is 399 g/mol. The molecule has 28 heavy (non-hydrogen) atoms. The topological polar surface area (TPSA) is 98.3 Å². The van der Waals surface area contributed by atoms with Gasteiger partial charge in [0.2, 0.25) is 5.95 Å². The number of nitrogens with one attached hydrogen (secondary N) is 2. The van der Waals surface area contributed by atoms with Crippen molar-refractivity contribution in [2.75, 3.05) is 24.9 Å². The van der Waals surface area contributed by atoms with Crippen LogP contribution in [0.15, 0.2) is 48.8 Å². The predicted octanol–water partition coefficient (Wildman–Crippen LogP) is 3.41. The second-order valence-electron chi connectivity index (χ2n) is 5.58. The number of nitrogens with zero attached hydrogens (tertiary/aromatic N) is 3. The number of pyridine rings is 1. The quantitative estimate of drug-likeness (QED) is 0.628. The number of anilines is 2. The van der Waals surface area contributed by atoms with Gasteiger partial charge in [0, 0.05) is 24.5 Å². The fraction of sp³-hybridized carbons (Fsp3) is 0.158. The van der Waals surface area contributed by atoms with Gasteiger partial charge in [0.15, 0.2) is 0 Å². The van der Waals surface area contributed by atoms with Crippen LogP contribution < -0.4 is 20.1 Å². The lowest BCUT2D eigenvalue weighted by Crippen LogP contribution is -2.16. The lowest BCUT2D eigenvalue weighted by Gasteiger charge is -2.13. The molecule has 0 aliphatic rings. The summed E-state index contributed by atoms with van der Waals surface area (Å²) in [4.78, 5) is 25.2. The summed E-state index contributed by atoms with van der Waals surface area (Å²) in [5.41, 5.74) is 1.43. The number of carbonyl (C=O) groups is 1. The summed E-state index contributed by atoms with van der Waals surface area (Å²) in [5.74, 6) is 0.713. The molecule has 3 rings (SSSR count). The van der Waals surface area contributed by atoms with E-state index >= 15 is 0 Å². The number of rotatable bonds is 7. The molecule has 2 aromatic heterocycles. The minimum absolute atomic E-state index is 0.189. The molecule has 2 heterocycles. The van der Waals surface area contributed by atoms with Crippen LogP contribution in [0.3, 0.4) is 0 Å². The maximum absolute atomic E-state index is 12.6. The molecule has 0 saturated heterocycles. The first kappa shape index (κ1) is 19.4. The van der Waals surface area contributed by atoms with Gasteiger partial charge in [-0.3, -0.25) is 9.78 Å². The maximum atomic E-state index is 12.6. The van der Waals surface area contributed by atoms with E-state index in [9.17, 15) is 4.79 Å². The highest BCUT2D eigenvalue weighted by atomic mass is 35.5. The van der Waals surface area contributed by atoms with Crippen LogP contribution >= 0.6 is 11.6 Å². The smallest absolute Gasteiger partial charge is 0.274 e. The zero-order valence-electron chi connectivity index (χ0n) is 15.3. The molecule has 0 saturated carbocycles. The van der Waals surface area contributed by atoms with Gasteiger partial charge in [-0.2, -0.15) is 0 Å². The lowest BCUT2D eigenvalue weighted by molar-refractivity contribution is 0.102. The molecule has 2 N–H and O–H groups in total. The summed E-state index contributed by atoms with van der Waals surface area (Å²) in [6.45, 7) is 0.439. The number of halogens is 1. The Hall–Kier alpha value is -3.39. The highest BCUT2D eigenvalue weighted by molar-refractivity contribution is 6.32. The van der Waals surface area contributed by atoms with Gasteiger partial charge in [0.25, 0.3) is 5.91 Å². The molecule has 8 nitrogen and oxygen atoms in total. The zero-order chi connectivity index (χ0) is 19.9. The van der Waals surface area contributed by atoms with E-state index in [1.54, 1.807) is 18.3 Å². The second kappa shape index (κ2) is 9.01. The first-order chi connectivity index (χ1) is 13.6. The highest BCUT2D eigenvalue weighted by Gasteiger charge is 2.15. The summed E-state index contributed by atoms with van der Waals surface area (Å²) in [5, 5.41) is 6.16. The van der Waals surface area contributed by atoms with Gasteiger partial charge >= 0.3 is 0 Å². The third kappa shape index (κ3) is 4.66. The third-order valence-corrected chi connectivity index (χ3v) is 4.06. The Morgan fingerprint density at radius 1 is 1.07 bits per heavy atom. The highest BCUT2D eigenvalue weighted by Crippen LogP contribution is 2.36. The largest absolute Gasteiger partial charge is 0.495 e. The molecule has 0 unspecified atom stereocenters. The van der Waals surface area contributed by atoms with E-state index in [0.29, 0.717) is 34.7 Å². The van der Waals surface area contributed by atoms with Crippen molar-refractivity contribution in [1.82, 2.24) is 15.0 Å². The van der Waals surface area contributed by atoms with Crippen LogP contribution in [0.25, 0.3) is 0 Å². The summed E-state index contributed by atoms with van der Waals surface area (Å²) in [6, 6.07) is 10.3. The summed E-state index contributed by atoms with van der Waals surface area (Å²) in [7, 11) is 2.97. The van der Waals surface area contributed by atoms with E-state index < -0.39 is 5.91 Å². The molecule has 0 aliphatic carbocycles. The average molecular weight is 400 g/mol. The molecule has 0 radical (unpaired) electrons. The van der Waals surface area contributed by atoms with Crippen LogP contribution in [0.5, 0.6) is 11.5 Å². The number of ether oxygens (including phenoxy) is 2. The zero-order valence-corrected chi connectivity index (χ0v) is 16.0. The van der Waals surface area contributed by atoms with Crippen LogP contribution in [0.2, 0.25) is 5.02 Å². The number of benzene rings is 1. The van der Waals surface area contributed by atoms with Crippen molar-refractivity contribution < 1.29 is 14.3 Å². The van der Waals surface area contributed by atoms with Crippen LogP contribution in [-0.4, -0.2) is 35.1 Å². The standard InChI is InChI=1S/C19H18ClN5O3/c1-27-16-10-15(17(28-2)9-13(16)20)24-18(26)14-6-8-22-19(25-14)23-11-12-5-3-4-7-21-12/h3-10H,11H2,1-2H3,(H,24,26)(H,22,23,25). The molecule has 0 atom stereocenters. The molecule has 0 spiro atoms. The van der Waals surface area contributed by atoms with Crippen LogP contribution in [0.1, 0.15) is 16.2 Å². The Balaban J connectivity index is 1.74. The number of hydrogen-bond donors (Lipinski definition) is 2. The molecule has 144 valence electrons. The van der Waals surface area contributed by atoms with Gasteiger partial charge in [0.1, 0.15) is 17.2 Å². The van der Waals surface area contributed by atoms with Crippen molar-refractivity contribution in [3.05, 3.63) is 65.2 Å². The van der Waals surface area contributed by atoms with E-state index in [2.05, 4.69) is 25.6 Å². The second-order valence-corrected chi connectivity index (χ2v) is 5.99. The van der Waals surface area contributed by atoms with E-state index in [-0.39, 0.29) is 5.69 Å². The van der Waals surface area contributed by atoms with E-state index in [1.807, 2.05) is 18.2 Å². The first-order valence-corrected chi connectivity index (χ1v) is 8.68. The minimum Gasteiger partial charge on any atom is -0.495 e. The Morgan fingerprint density at radius 2 is 1.89 bits per heavy atom. The molecule has 3 aromatic rings. The molecule has 0 aliphatic heterocycles. The van der Waals surface area contributed by atoms with Crippen molar-refractivity contribution in [1.29, 1.82) is 0 Å². The normalized spacial score (nSPS) is 10.2. The van der Waals surface area contributed by atoms with Crippen molar-refractivity contribution in [3.8, 4) is 11.5 Å². The van der Waals surface area contributed by atoms with Crippen LogP contribution in [-0.2, 0) is 6.54 Å². The number of hydrogen-bond acceptors (Lipinski definition) is 7. The Morgan fingerprint density at radius 3 is 2.61 bits per heavy atom. The average Bonchev–Trinajstić information content (AvgIpc) is 2.74. The van der Waals surface area contributed by atoms with Gasteiger partial charge in [-0.25, -0.2) is 9.97 Å². The molecule has 0 bridgehead atoms. The Kier molecular flexibility index (Phi) is 6.23. The van der Waals surface area contributed by atoms with Crippen molar-refractivity contribution >= 4 is 29.1 Å². The van der Waals surface area contributed by atoms with Gasteiger partial charge < -0.3 is 20.1 Å². The predicted molar refractivity (Wildman–Crippen MR) is 106 cm³/mol. The molecule has 0 fully saturated rings. The summed E-state index contributed by atoms with van der Waals surface area (Å²) in [6.07, 6.45) is 3.21. The molecule has 9 heteroatoms. The first-order valence-electron chi connectivity index (χ1n) is 8.30. The van der Waals surface area contributed by atoms with Crippen molar-refractivity contribution in [2.24, 2.45) is 0 Å². The van der Waals surface area contributed by atoms with Gasteiger partial charge in [-0.05, 0) is 18.2 Å². The Bertz CT molecular complexity index is 969. The fourth-order valence-corrected chi connectivity index (χ4v) is 2.62. The number of carbonyl (C=O) groups excluding carboxylic acids is 1. The SMILES string of the molecule is COc1cc(NC(=O)c2ccnc(NCc3ccccn3)n2)c(OC)cc1Cl. The van der Waals surface area contributed by atoms with E-state index in [4.69, 9.17) is 21.1 Å². The minimum atomic E-state index is -0.425. The van der Waals surface area contributed by atoms with E-state index in [0.717, 1.165) is 5.69 Å². The maximum Gasteiger partial charge on any atom is 0.274 e. The van der Waals surface area contributed by atoms with E-state index in [1.165, 1.54) is 26.5 Å². The molecule has 1 aromatic carbocycles. The molecular weight excluding hydrogens is 382 g/mol. The number of amides is 1. The van der Waals surface area contributed by atoms with Gasteiger partial charge in [-0.1, -0.05) is 17.7 Å². The number of aromatic nitrogens is 3.